The van der Waals surface area contributed by atoms with Crippen LogP contribution in [0.25, 0.3) is 6.08 Å². The lowest BCUT2D eigenvalue weighted by molar-refractivity contribution is -0.122. The first kappa shape index (κ1) is 27.9. The van der Waals surface area contributed by atoms with E-state index >= 15 is 0 Å². The van der Waals surface area contributed by atoms with Crippen LogP contribution in [0.5, 0.6) is 11.5 Å². The summed E-state index contributed by atoms with van der Waals surface area (Å²) in [6, 6.07) is 15.3. The second-order valence-electron chi connectivity index (χ2n) is 8.18. The van der Waals surface area contributed by atoms with E-state index in [9.17, 15) is 19.2 Å². The Hall–Kier alpha value is -4.15. The second kappa shape index (κ2) is 12.1. The molecule has 0 radical (unpaired) electrons. The van der Waals surface area contributed by atoms with Gasteiger partial charge in [0.2, 0.25) is 0 Å². The minimum Gasteiger partial charge on any atom is -0.490 e. The first-order chi connectivity index (χ1) is 18.7. The molecule has 4 amide bonds. The van der Waals surface area contributed by atoms with Crippen molar-refractivity contribution in [3.63, 3.8) is 0 Å². The monoisotopic (exact) mass is 612 g/mol. The fourth-order valence-corrected chi connectivity index (χ4v) is 4.57. The number of barbiturate groups is 1. The highest BCUT2D eigenvalue weighted by Crippen LogP contribution is 2.38. The van der Waals surface area contributed by atoms with Gasteiger partial charge >= 0.3 is 12.0 Å². The van der Waals surface area contributed by atoms with Crippen molar-refractivity contribution in [3.8, 4) is 11.5 Å². The van der Waals surface area contributed by atoms with Gasteiger partial charge in [0.1, 0.15) is 12.2 Å². The molecule has 1 aliphatic rings. The predicted molar refractivity (Wildman–Crippen MR) is 148 cm³/mol. The summed E-state index contributed by atoms with van der Waals surface area (Å²) in [7, 11) is 1.24. The van der Waals surface area contributed by atoms with Gasteiger partial charge in [-0.3, -0.25) is 14.9 Å². The first-order valence-corrected chi connectivity index (χ1v) is 12.8. The number of halogens is 2. The fraction of sp³-hybridized carbons (Fsp3) is 0.143. The Bertz CT molecular complexity index is 1490. The van der Waals surface area contributed by atoms with Gasteiger partial charge in [-0.2, -0.15) is 0 Å². The SMILES string of the molecule is CCOc1cc(/C=C2\C(=O)NC(=O)N(c3ccc(C(=O)OC)cc3)C2=O)cc(Br)c1OCc1cccc(Cl)c1. The molecule has 4 rings (SSSR count). The zero-order chi connectivity index (χ0) is 28.1. The van der Waals surface area contributed by atoms with Crippen LogP contribution in [0.2, 0.25) is 5.02 Å². The average molecular weight is 614 g/mol. The fourth-order valence-electron chi connectivity index (χ4n) is 3.78. The van der Waals surface area contributed by atoms with Crippen LogP contribution in [0.15, 0.2) is 70.7 Å². The van der Waals surface area contributed by atoms with Crippen molar-refractivity contribution in [1.82, 2.24) is 5.32 Å². The highest BCUT2D eigenvalue weighted by atomic mass is 79.9. The van der Waals surface area contributed by atoms with Gasteiger partial charge < -0.3 is 14.2 Å². The van der Waals surface area contributed by atoms with Crippen LogP contribution in [0.3, 0.4) is 0 Å². The van der Waals surface area contributed by atoms with Crippen LogP contribution in [-0.4, -0.2) is 37.5 Å². The lowest BCUT2D eigenvalue weighted by atomic mass is 10.1. The second-order valence-corrected chi connectivity index (χ2v) is 9.47. The molecule has 39 heavy (non-hydrogen) atoms. The molecular weight excluding hydrogens is 592 g/mol. The van der Waals surface area contributed by atoms with Gasteiger partial charge in [-0.1, -0.05) is 23.7 Å². The van der Waals surface area contributed by atoms with E-state index in [2.05, 4.69) is 26.0 Å². The molecule has 0 atom stereocenters. The average Bonchev–Trinajstić information content (AvgIpc) is 2.90. The van der Waals surface area contributed by atoms with Crippen molar-refractivity contribution >= 4 is 63.1 Å². The summed E-state index contributed by atoms with van der Waals surface area (Å²) in [6.07, 6.45) is 1.36. The first-order valence-electron chi connectivity index (χ1n) is 11.6. The highest BCUT2D eigenvalue weighted by molar-refractivity contribution is 9.10. The Morgan fingerprint density at radius 2 is 1.79 bits per heavy atom. The number of nitrogens with one attached hydrogen (secondary N) is 1. The molecule has 1 saturated heterocycles. The van der Waals surface area contributed by atoms with E-state index in [-0.39, 0.29) is 23.4 Å². The van der Waals surface area contributed by atoms with Crippen molar-refractivity contribution in [2.45, 2.75) is 13.5 Å². The minimum absolute atomic E-state index is 0.171. The number of amides is 4. The molecule has 1 N–H and O–H groups in total. The molecule has 1 heterocycles. The molecule has 200 valence electrons. The number of carbonyl (C=O) groups excluding carboxylic acids is 4. The number of urea groups is 1. The van der Waals surface area contributed by atoms with E-state index in [0.29, 0.717) is 33.2 Å². The third-order valence-corrected chi connectivity index (χ3v) is 6.39. The normalized spacial score (nSPS) is 14.3. The minimum atomic E-state index is -0.908. The Morgan fingerprint density at radius 3 is 2.46 bits per heavy atom. The van der Waals surface area contributed by atoms with Crippen LogP contribution >= 0.6 is 27.5 Å². The molecule has 0 aliphatic carbocycles. The molecule has 0 unspecified atom stereocenters. The van der Waals surface area contributed by atoms with E-state index in [1.54, 1.807) is 24.3 Å². The maximum Gasteiger partial charge on any atom is 0.337 e. The van der Waals surface area contributed by atoms with Gasteiger partial charge in [-0.15, -0.1) is 0 Å². The molecule has 11 heteroatoms. The summed E-state index contributed by atoms with van der Waals surface area (Å²) in [4.78, 5) is 51.0. The Labute approximate surface area is 237 Å². The summed E-state index contributed by atoms with van der Waals surface area (Å²) in [5, 5.41) is 2.76. The highest BCUT2D eigenvalue weighted by Gasteiger charge is 2.37. The van der Waals surface area contributed by atoms with Crippen molar-refractivity contribution in [3.05, 3.63) is 92.4 Å². The number of imide groups is 2. The van der Waals surface area contributed by atoms with Crippen LogP contribution in [0.4, 0.5) is 10.5 Å². The number of ether oxygens (including phenoxy) is 3. The molecule has 0 bridgehead atoms. The maximum atomic E-state index is 13.3. The number of methoxy groups -OCH3 is 1. The van der Waals surface area contributed by atoms with Crippen molar-refractivity contribution < 1.29 is 33.4 Å². The Morgan fingerprint density at radius 1 is 1.05 bits per heavy atom. The summed E-state index contributed by atoms with van der Waals surface area (Å²) < 4.78 is 16.9. The third-order valence-electron chi connectivity index (χ3n) is 5.56. The quantitative estimate of drug-likeness (QED) is 0.202. The number of benzene rings is 3. The molecule has 1 fully saturated rings. The summed E-state index contributed by atoms with van der Waals surface area (Å²) in [5.74, 6) is -1.42. The molecule has 0 spiro atoms. The molecule has 9 nitrogen and oxygen atoms in total. The van der Waals surface area contributed by atoms with Gasteiger partial charge in [-0.05, 0) is 88.6 Å². The van der Waals surface area contributed by atoms with Crippen molar-refractivity contribution in [2.24, 2.45) is 0 Å². The Kier molecular flexibility index (Phi) is 8.68. The lowest BCUT2D eigenvalue weighted by Crippen LogP contribution is -2.54. The third kappa shape index (κ3) is 6.30. The summed E-state index contributed by atoms with van der Waals surface area (Å²) >= 11 is 9.55. The molecule has 3 aromatic carbocycles. The van der Waals surface area contributed by atoms with Gasteiger partial charge in [0.05, 0.1) is 29.4 Å². The van der Waals surface area contributed by atoms with Crippen molar-refractivity contribution in [1.29, 1.82) is 0 Å². The molecule has 0 saturated carbocycles. The number of hydrogen-bond donors (Lipinski definition) is 1. The van der Waals surface area contributed by atoms with Gasteiger partial charge in [-0.25, -0.2) is 14.5 Å². The van der Waals surface area contributed by atoms with E-state index in [4.69, 9.17) is 21.1 Å². The molecule has 0 aromatic heterocycles. The predicted octanol–water partition coefficient (Wildman–Crippen LogP) is 5.53. The number of hydrogen-bond acceptors (Lipinski definition) is 7. The Balaban J connectivity index is 1.64. The van der Waals surface area contributed by atoms with E-state index in [0.717, 1.165) is 10.5 Å². The van der Waals surface area contributed by atoms with Gasteiger partial charge in [0.15, 0.2) is 11.5 Å². The van der Waals surface area contributed by atoms with Gasteiger partial charge in [0.25, 0.3) is 11.8 Å². The maximum absolute atomic E-state index is 13.3. The number of carbonyl (C=O) groups is 4. The van der Waals surface area contributed by atoms with E-state index < -0.39 is 23.8 Å². The zero-order valence-electron chi connectivity index (χ0n) is 20.8. The van der Waals surface area contributed by atoms with Crippen molar-refractivity contribution in [2.75, 3.05) is 18.6 Å². The van der Waals surface area contributed by atoms with Crippen LogP contribution < -0.4 is 19.7 Å². The molecule has 1 aliphatic heterocycles. The number of nitrogens with zero attached hydrogens (tertiary/aromatic N) is 1. The number of esters is 1. The largest absolute Gasteiger partial charge is 0.490 e. The number of anilines is 1. The van der Waals surface area contributed by atoms with Crippen LogP contribution in [0, 0.1) is 0 Å². The van der Waals surface area contributed by atoms with Crippen LogP contribution in [0.1, 0.15) is 28.4 Å². The number of rotatable bonds is 8. The molecular formula is C28H22BrClN2O7. The van der Waals surface area contributed by atoms with E-state index in [1.807, 2.05) is 19.1 Å². The standard InChI is InChI=1S/C28H22BrClN2O7/c1-3-38-23-14-17(13-22(29)24(23)39-15-16-5-4-6-19(30)11-16)12-21-25(33)31-28(36)32(26(21)34)20-9-7-18(8-10-20)27(35)37-2/h4-14H,3,15H2,1-2H3,(H,31,33,36)/b21-12+. The van der Waals surface area contributed by atoms with E-state index in [1.165, 1.54) is 37.5 Å². The summed E-state index contributed by atoms with van der Waals surface area (Å²) in [5.41, 5.74) is 1.45. The van der Waals surface area contributed by atoms with Crippen LogP contribution in [-0.2, 0) is 20.9 Å². The lowest BCUT2D eigenvalue weighted by Gasteiger charge is -2.26. The smallest absolute Gasteiger partial charge is 0.337 e. The topological polar surface area (TPSA) is 111 Å². The van der Waals surface area contributed by atoms with Gasteiger partial charge in [0, 0.05) is 5.02 Å². The summed E-state index contributed by atoms with van der Waals surface area (Å²) in [6.45, 7) is 2.38. The molecule has 3 aromatic rings. The zero-order valence-corrected chi connectivity index (χ0v) is 23.2.